The molecule has 34 heavy (non-hydrogen) atoms. The third-order valence-electron chi connectivity index (χ3n) is 7.26. The molecule has 0 saturated carbocycles. The molecule has 8 nitrogen and oxygen atoms in total. The highest BCUT2D eigenvalue weighted by Crippen LogP contribution is 2.37. The number of nitrogens with one attached hydrogen (secondary N) is 1. The van der Waals surface area contributed by atoms with Crippen LogP contribution in [0.5, 0.6) is 11.5 Å². The van der Waals surface area contributed by atoms with Crippen LogP contribution in [0.25, 0.3) is 22.3 Å². The van der Waals surface area contributed by atoms with Gasteiger partial charge >= 0.3 is 0 Å². The van der Waals surface area contributed by atoms with Gasteiger partial charge in [-0.2, -0.15) is 5.10 Å². The first-order valence-corrected chi connectivity index (χ1v) is 12.9. The molecule has 0 amide bonds. The van der Waals surface area contributed by atoms with Crippen LogP contribution < -0.4 is 15.8 Å². The van der Waals surface area contributed by atoms with Gasteiger partial charge in [0.15, 0.2) is 5.65 Å². The quantitative estimate of drug-likeness (QED) is 0.430. The van der Waals surface area contributed by atoms with Gasteiger partial charge in [-0.25, -0.2) is 14.6 Å². The van der Waals surface area contributed by atoms with E-state index in [0.717, 1.165) is 83.1 Å². The Bertz CT molecular complexity index is 1300. The Labute approximate surface area is 201 Å². The van der Waals surface area contributed by atoms with E-state index in [0.29, 0.717) is 11.9 Å². The molecule has 0 spiro atoms. The van der Waals surface area contributed by atoms with Gasteiger partial charge in [0.2, 0.25) is 0 Å². The highest BCUT2D eigenvalue weighted by atomic mass is 28.1. The predicted octanol–water partition coefficient (Wildman–Crippen LogP) is 1.95. The fourth-order valence-corrected chi connectivity index (χ4v) is 5.73. The Morgan fingerprint density at radius 1 is 0.971 bits per heavy atom. The van der Waals surface area contributed by atoms with E-state index >= 15 is 0 Å². The number of nitrogens with zero attached hydrogens (tertiary/aromatic N) is 5. The topological polar surface area (TPSA) is 94.1 Å². The van der Waals surface area contributed by atoms with Crippen LogP contribution in [0.2, 0.25) is 0 Å². The van der Waals surface area contributed by atoms with Crippen molar-refractivity contribution in [2.75, 3.05) is 31.9 Å². The number of piperidine rings is 1. The number of ether oxygens (including phenoxy) is 1. The maximum atomic E-state index is 6.37. The maximum absolute atomic E-state index is 6.37. The highest BCUT2D eigenvalue weighted by Gasteiger charge is 2.38. The Morgan fingerprint density at radius 3 is 2.35 bits per heavy atom. The van der Waals surface area contributed by atoms with E-state index in [4.69, 9.17) is 15.6 Å². The van der Waals surface area contributed by atoms with Crippen molar-refractivity contribution in [2.24, 2.45) is 0 Å². The summed E-state index contributed by atoms with van der Waals surface area (Å²) in [6.45, 7) is 4.41. The van der Waals surface area contributed by atoms with Crippen molar-refractivity contribution in [2.45, 2.75) is 24.0 Å². The zero-order chi connectivity index (χ0) is 23.1. The van der Waals surface area contributed by atoms with Crippen LogP contribution in [0.4, 0.5) is 5.82 Å². The molecule has 0 aliphatic carbocycles. The van der Waals surface area contributed by atoms with Gasteiger partial charge in [-0.3, -0.25) is 4.90 Å². The van der Waals surface area contributed by atoms with Crippen LogP contribution in [0.1, 0.15) is 12.8 Å². The van der Waals surface area contributed by atoms with Crippen LogP contribution >= 0.6 is 0 Å². The number of hydrogen-bond acceptors (Lipinski definition) is 7. The molecule has 0 radical (unpaired) electrons. The number of anilines is 1. The summed E-state index contributed by atoms with van der Waals surface area (Å²) in [7, 11) is 0.989. The van der Waals surface area contributed by atoms with Crippen LogP contribution in [0.3, 0.4) is 0 Å². The Hall–Kier alpha value is -3.27. The van der Waals surface area contributed by atoms with E-state index in [1.807, 2.05) is 54.6 Å². The van der Waals surface area contributed by atoms with E-state index in [2.05, 4.69) is 24.9 Å². The number of nitrogen functional groups attached to an aromatic ring is 1. The molecule has 2 aromatic carbocycles. The van der Waals surface area contributed by atoms with Crippen LogP contribution in [-0.2, 0) is 5.16 Å². The molecule has 0 bridgehead atoms. The van der Waals surface area contributed by atoms with Gasteiger partial charge in [-0.05, 0) is 49.2 Å². The van der Waals surface area contributed by atoms with E-state index in [1.165, 1.54) is 0 Å². The Morgan fingerprint density at radius 2 is 1.68 bits per heavy atom. The highest BCUT2D eigenvalue weighted by molar-refractivity contribution is 6.14. The molecule has 174 valence electrons. The van der Waals surface area contributed by atoms with Crippen molar-refractivity contribution in [3.05, 3.63) is 60.9 Å². The second-order valence-electron chi connectivity index (χ2n) is 9.50. The second kappa shape index (κ2) is 8.50. The lowest BCUT2D eigenvalue weighted by Gasteiger charge is -2.45. The summed E-state index contributed by atoms with van der Waals surface area (Å²) in [5, 5.41) is 9.37. The summed E-state index contributed by atoms with van der Waals surface area (Å²) in [6, 6.07) is 18.5. The fraction of sp³-hybridized carbons (Fsp3) is 0.320. The van der Waals surface area contributed by atoms with Crippen molar-refractivity contribution >= 4 is 27.1 Å². The lowest BCUT2D eigenvalue weighted by Crippen LogP contribution is -2.60. The predicted molar refractivity (Wildman–Crippen MR) is 137 cm³/mol. The molecule has 2 saturated heterocycles. The third-order valence-corrected chi connectivity index (χ3v) is 8.69. The van der Waals surface area contributed by atoms with Gasteiger partial charge < -0.3 is 15.8 Å². The number of nitrogens with two attached hydrogens (primary N) is 1. The summed E-state index contributed by atoms with van der Waals surface area (Å²) in [5.41, 5.74) is 9.02. The van der Waals surface area contributed by atoms with E-state index < -0.39 is 0 Å². The van der Waals surface area contributed by atoms with E-state index in [-0.39, 0.29) is 5.16 Å². The Balaban J connectivity index is 1.33. The van der Waals surface area contributed by atoms with Gasteiger partial charge in [0.25, 0.3) is 0 Å². The average molecular weight is 472 g/mol. The van der Waals surface area contributed by atoms with Gasteiger partial charge in [0, 0.05) is 53.2 Å². The lowest BCUT2D eigenvalue weighted by molar-refractivity contribution is 0.0863. The summed E-state index contributed by atoms with van der Waals surface area (Å²) < 4.78 is 8.12. The first-order chi connectivity index (χ1) is 16.6. The largest absolute Gasteiger partial charge is 0.457 e. The molecule has 4 aromatic rings. The second-order valence-corrected chi connectivity index (χ2v) is 11.4. The molecule has 9 heteroatoms. The van der Waals surface area contributed by atoms with E-state index in [1.54, 1.807) is 6.33 Å². The van der Waals surface area contributed by atoms with Gasteiger partial charge in [-0.15, -0.1) is 0 Å². The standard InChI is InChI=1S/C25H29N7OSi/c26-23-21-22(17-6-8-20(9-7-17)33-19-4-2-1-3-5-19)30-32(24(21)29-16-28-23)25(34)10-12-31(13-11-25)18-14-27-15-18/h1-9,16,18,27H,10-15H2,34H3,(H2,26,28,29). The minimum Gasteiger partial charge on any atom is -0.457 e. The normalized spacial score (nSPS) is 18.7. The lowest BCUT2D eigenvalue weighted by atomic mass is 10.00. The van der Waals surface area contributed by atoms with Crippen molar-refractivity contribution in [1.29, 1.82) is 0 Å². The monoisotopic (exact) mass is 471 g/mol. The van der Waals surface area contributed by atoms with Gasteiger partial charge in [-0.1, -0.05) is 18.2 Å². The number of benzene rings is 2. The van der Waals surface area contributed by atoms with Crippen molar-refractivity contribution < 1.29 is 4.74 Å². The first-order valence-electron chi connectivity index (χ1n) is 11.9. The molecule has 6 rings (SSSR count). The first kappa shape index (κ1) is 21.3. The zero-order valence-corrected chi connectivity index (χ0v) is 21.3. The minimum atomic E-state index is 0.0152. The smallest absolute Gasteiger partial charge is 0.164 e. The maximum Gasteiger partial charge on any atom is 0.164 e. The number of rotatable bonds is 5. The minimum absolute atomic E-state index is 0.0152. The fourth-order valence-electron chi connectivity index (χ4n) is 4.97. The zero-order valence-electron chi connectivity index (χ0n) is 19.3. The van der Waals surface area contributed by atoms with Crippen molar-refractivity contribution in [1.82, 2.24) is 30.0 Å². The molecule has 4 heterocycles. The molecule has 2 aliphatic heterocycles. The molecule has 3 N–H and O–H groups in total. The molecular formula is C25H29N7OSi. The summed E-state index contributed by atoms with van der Waals surface area (Å²) in [6.07, 6.45) is 3.72. The summed E-state index contributed by atoms with van der Waals surface area (Å²) in [4.78, 5) is 11.6. The number of likely N-dealkylation sites (tertiary alicyclic amines) is 1. The summed E-state index contributed by atoms with van der Waals surface area (Å²) in [5.74, 6) is 2.06. The molecule has 0 unspecified atom stereocenters. The van der Waals surface area contributed by atoms with Crippen molar-refractivity contribution in [3.63, 3.8) is 0 Å². The number of para-hydroxylation sites is 1. The number of aromatic nitrogens is 4. The Kier molecular flexibility index (Phi) is 5.32. The molecule has 0 atom stereocenters. The molecule has 2 fully saturated rings. The van der Waals surface area contributed by atoms with Crippen molar-refractivity contribution in [3.8, 4) is 22.8 Å². The molecule has 2 aliphatic rings. The van der Waals surface area contributed by atoms with Crippen LogP contribution in [0, 0.1) is 0 Å². The van der Waals surface area contributed by atoms with Crippen LogP contribution in [-0.4, -0.2) is 67.1 Å². The number of hydrogen-bond donors (Lipinski definition) is 2. The van der Waals surface area contributed by atoms with Gasteiger partial charge in [0.05, 0.1) is 5.39 Å². The number of fused-ring (bicyclic) bond motifs is 1. The molecule has 2 aromatic heterocycles. The SMILES string of the molecule is Nc1ncnc2c1c(-c1ccc(Oc3ccccc3)cc1)nn2C1([SiH3])CCN(C2CNC2)CC1. The average Bonchev–Trinajstić information content (AvgIpc) is 3.23. The third kappa shape index (κ3) is 3.75. The summed E-state index contributed by atoms with van der Waals surface area (Å²) >= 11 is 0. The molecular weight excluding hydrogens is 442 g/mol. The van der Waals surface area contributed by atoms with E-state index in [9.17, 15) is 0 Å². The van der Waals surface area contributed by atoms with Gasteiger partial charge in [0.1, 0.15) is 29.3 Å². The van der Waals surface area contributed by atoms with Crippen LogP contribution in [0.15, 0.2) is 60.9 Å².